The number of unbranched alkanes of at least 4 members (excludes halogenated alkanes) is 1. The molecular formula is C34H42ClN3O3. The van der Waals surface area contributed by atoms with Crippen molar-refractivity contribution in [2.45, 2.75) is 88.7 Å². The number of pyridine rings is 1. The van der Waals surface area contributed by atoms with Gasteiger partial charge in [0.05, 0.1) is 5.52 Å². The van der Waals surface area contributed by atoms with E-state index < -0.39 is 11.4 Å². The van der Waals surface area contributed by atoms with E-state index >= 15 is 0 Å². The predicted molar refractivity (Wildman–Crippen MR) is 165 cm³/mol. The van der Waals surface area contributed by atoms with Gasteiger partial charge in [-0.2, -0.15) is 0 Å². The summed E-state index contributed by atoms with van der Waals surface area (Å²) in [5.41, 5.74) is 4.03. The smallest absolute Gasteiger partial charge is 0.202 e. The number of benzene rings is 2. The van der Waals surface area contributed by atoms with Gasteiger partial charge in [0.1, 0.15) is 6.10 Å². The van der Waals surface area contributed by atoms with Crippen LogP contribution in [-0.2, 0) is 20.1 Å². The fraction of sp³-hybridized carbons (Fsp3) is 0.500. The molecule has 1 saturated carbocycles. The molecule has 3 aromatic rings. The third kappa shape index (κ3) is 6.18. The van der Waals surface area contributed by atoms with Crippen LogP contribution in [0.15, 0.2) is 72.4 Å². The molecule has 1 spiro atoms. The average molecular weight is 576 g/mol. The Labute approximate surface area is 248 Å². The fourth-order valence-electron chi connectivity index (χ4n) is 6.58. The topological polar surface area (TPSA) is 64.6 Å². The monoisotopic (exact) mass is 575 g/mol. The van der Waals surface area contributed by atoms with Gasteiger partial charge < -0.3 is 15.4 Å². The maximum absolute atomic E-state index is 6.87. The summed E-state index contributed by atoms with van der Waals surface area (Å²) < 4.78 is 6.87. The van der Waals surface area contributed by atoms with Gasteiger partial charge in [-0.25, -0.2) is 9.78 Å². The van der Waals surface area contributed by atoms with E-state index in [1.54, 1.807) is 0 Å². The molecule has 6 nitrogen and oxygen atoms in total. The van der Waals surface area contributed by atoms with Crippen LogP contribution in [0.2, 0.25) is 5.02 Å². The van der Waals surface area contributed by atoms with Crippen LogP contribution in [0.4, 0.5) is 5.69 Å². The summed E-state index contributed by atoms with van der Waals surface area (Å²) in [7, 11) is 0. The number of hydrogen-bond acceptors (Lipinski definition) is 6. The van der Waals surface area contributed by atoms with Gasteiger partial charge in [-0.3, -0.25) is 4.98 Å². The second-order valence-corrected chi connectivity index (χ2v) is 12.6. The maximum atomic E-state index is 6.87. The lowest BCUT2D eigenvalue weighted by Gasteiger charge is -2.52. The number of aromatic nitrogens is 1. The summed E-state index contributed by atoms with van der Waals surface area (Å²) in [6.07, 6.45) is 11.8. The van der Waals surface area contributed by atoms with Crippen LogP contribution < -0.4 is 10.6 Å². The van der Waals surface area contributed by atoms with Crippen LogP contribution in [-0.4, -0.2) is 36.0 Å². The van der Waals surface area contributed by atoms with E-state index in [-0.39, 0.29) is 6.10 Å². The number of ether oxygens (including phenoxy) is 1. The lowest BCUT2D eigenvalue weighted by molar-refractivity contribution is -0.535. The zero-order valence-corrected chi connectivity index (χ0v) is 25.0. The van der Waals surface area contributed by atoms with Crippen molar-refractivity contribution in [2.24, 2.45) is 5.92 Å². The van der Waals surface area contributed by atoms with Crippen molar-refractivity contribution >= 4 is 28.2 Å². The lowest BCUT2D eigenvalue weighted by Crippen LogP contribution is -2.58. The summed E-state index contributed by atoms with van der Waals surface area (Å²) in [6, 6.07) is 18.8. The Morgan fingerprint density at radius 3 is 2.59 bits per heavy atom. The molecule has 0 bridgehead atoms. The molecule has 2 heterocycles. The van der Waals surface area contributed by atoms with E-state index in [1.807, 2.05) is 36.5 Å². The summed E-state index contributed by atoms with van der Waals surface area (Å²) in [5, 5.41) is 9.16. The normalized spacial score (nSPS) is 28.0. The molecule has 2 fully saturated rings. The van der Waals surface area contributed by atoms with E-state index in [0.29, 0.717) is 17.0 Å². The maximum Gasteiger partial charge on any atom is 0.202 e. The summed E-state index contributed by atoms with van der Waals surface area (Å²) in [5.74, 6) is -0.164. The van der Waals surface area contributed by atoms with Gasteiger partial charge in [0, 0.05) is 47.7 Å². The van der Waals surface area contributed by atoms with Crippen molar-refractivity contribution in [3.8, 4) is 0 Å². The van der Waals surface area contributed by atoms with Gasteiger partial charge in [0.25, 0.3) is 0 Å². The number of anilines is 1. The minimum atomic E-state index is -0.668. The summed E-state index contributed by atoms with van der Waals surface area (Å²) in [6.45, 7) is 6.46. The Kier molecular flexibility index (Phi) is 8.66. The zero-order chi connectivity index (χ0) is 28.3. The largest absolute Gasteiger partial charge is 0.384 e. The van der Waals surface area contributed by atoms with Crippen molar-refractivity contribution in [3.05, 3.63) is 83.0 Å². The second kappa shape index (κ2) is 12.4. The minimum absolute atomic E-state index is 0.142. The van der Waals surface area contributed by atoms with Crippen LogP contribution in [0.5, 0.6) is 0 Å². The molecule has 3 aliphatic rings. The second-order valence-electron chi connectivity index (χ2n) is 12.1. The van der Waals surface area contributed by atoms with Gasteiger partial charge in [-0.05, 0) is 80.8 Å². The van der Waals surface area contributed by atoms with E-state index in [9.17, 15) is 0 Å². The Bertz CT molecular complexity index is 1360. The molecule has 1 aliphatic heterocycles. The number of rotatable bonds is 9. The number of halogens is 1. The third-order valence-corrected chi connectivity index (χ3v) is 9.34. The van der Waals surface area contributed by atoms with Gasteiger partial charge in [0.15, 0.2) is 5.60 Å². The van der Waals surface area contributed by atoms with Crippen LogP contribution in [0, 0.1) is 5.92 Å². The first-order valence-corrected chi connectivity index (χ1v) is 15.7. The van der Waals surface area contributed by atoms with Gasteiger partial charge in [0.2, 0.25) is 5.79 Å². The zero-order valence-electron chi connectivity index (χ0n) is 24.2. The molecule has 0 amide bonds. The fourth-order valence-corrected chi connectivity index (χ4v) is 6.75. The molecule has 1 saturated heterocycles. The molecule has 0 radical (unpaired) electrons. The molecule has 2 unspecified atom stereocenters. The highest BCUT2D eigenvalue weighted by atomic mass is 35.5. The predicted octanol–water partition coefficient (Wildman–Crippen LogP) is 7.93. The van der Waals surface area contributed by atoms with Crippen molar-refractivity contribution in [2.75, 3.05) is 18.4 Å². The first-order valence-electron chi connectivity index (χ1n) is 15.3. The van der Waals surface area contributed by atoms with Crippen LogP contribution in [0.1, 0.15) is 70.8 Å². The third-order valence-electron chi connectivity index (χ3n) is 9.10. The molecular weight excluding hydrogens is 534 g/mol. The van der Waals surface area contributed by atoms with Gasteiger partial charge in [-0.15, -0.1) is 0 Å². The molecule has 2 N–H and O–H groups in total. The highest BCUT2D eigenvalue weighted by molar-refractivity contribution is 6.31. The Morgan fingerprint density at radius 2 is 1.78 bits per heavy atom. The quantitative estimate of drug-likeness (QED) is 0.153. The first kappa shape index (κ1) is 28.6. The Morgan fingerprint density at radius 1 is 0.976 bits per heavy atom. The molecule has 7 heteroatoms. The van der Waals surface area contributed by atoms with E-state index in [1.165, 1.54) is 5.57 Å². The summed E-state index contributed by atoms with van der Waals surface area (Å²) in [4.78, 5) is 17.0. The molecule has 6 rings (SSSR count). The highest BCUT2D eigenvalue weighted by Gasteiger charge is 2.55. The van der Waals surface area contributed by atoms with Crippen molar-refractivity contribution in [1.82, 2.24) is 10.3 Å². The van der Waals surface area contributed by atoms with E-state index in [4.69, 9.17) is 26.1 Å². The van der Waals surface area contributed by atoms with Crippen molar-refractivity contribution < 1.29 is 14.5 Å². The Hall–Kier alpha value is -2.48. The number of fused-ring (bicyclic) bond motifs is 2. The summed E-state index contributed by atoms with van der Waals surface area (Å²) >= 11 is 6.12. The molecule has 218 valence electrons. The lowest BCUT2D eigenvalue weighted by atomic mass is 9.75. The number of nitrogens with zero attached hydrogens (tertiary/aromatic N) is 1. The van der Waals surface area contributed by atoms with Crippen LogP contribution in [0.3, 0.4) is 0 Å². The molecule has 2 aromatic carbocycles. The molecule has 2 aliphatic carbocycles. The van der Waals surface area contributed by atoms with Gasteiger partial charge in [-0.1, -0.05) is 67.4 Å². The van der Waals surface area contributed by atoms with Crippen molar-refractivity contribution in [1.29, 1.82) is 0 Å². The minimum Gasteiger partial charge on any atom is -0.384 e. The first-order chi connectivity index (χ1) is 20.0. The van der Waals surface area contributed by atoms with Crippen LogP contribution >= 0.6 is 11.6 Å². The number of nitrogens with one attached hydrogen (secondary N) is 2. The SMILES string of the molecule is CC(C)C1=CC2OC3(CCC(NCCCCNc4ccnc5cc(Cl)ccc45)CC3)OOC2(c2ccccc2)CC1. The average Bonchev–Trinajstić information content (AvgIpc) is 3.00. The standard InChI is InChI=1S/C34H42ClN3O3/c1-24(2)25-12-18-34(26-8-4-3-5-9-26)32(22-25)39-33(40-41-34)16-13-28(14-17-33)36-19-6-7-20-37-30-15-21-38-31-23-27(35)10-11-29(30)31/h3-5,8-11,15,21-24,28,32,36H,6-7,12-14,16-20H2,1-2H3,(H,37,38). The van der Waals surface area contributed by atoms with E-state index in [2.05, 4.69) is 59.8 Å². The van der Waals surface area contributed by atoms with Crippen LogP contribution in [0.25, 0.3) is 10.9 Å². The molecule has 41 heavy (non-hydrogen) atoms. The number of hydrogen-bond donors (Lipinski definition) is 2. The molecule has 2 atom stereocenters. The highest BCUT2D eigenvalue weighted by Crippen LogP contribution is 2.50. The Balaban J connectivity index is 0.980. The van der Waals surface area contributed by atoms with Gasteiger partial charge >= 0.3 is 0 Å². The number of allylic oxidation sites excluding steroid dienone is 1. The van der Waals surface area contributed by atoms with Crippen molar-refractivity contribution in [3.63, 3.8) is 0 Å². The molecule has 1 aromatic heterocycles. The van der Waals surface area contributed by atoms with E-state index in [0.717, 1.165) is 86.6 Å².